The highest BCUT2D eigenvalue weighted by Crippen LogP contribution is 2.20. The van der Waals surface area contributed by atoms with E-state index in [-0.39, 0.29) is 23.8 Å². The van der Waals surface area contributed by atoms with Crippen molar-refractivity contribution in [1.82, 2.24) is 19.2 Å². The third-order valence-corrected chi connectivity index (χ3v) is 4.60. The Morgan fingerprint density at radius 1 is 1.29 bits per heavy atom. The average molecular weight is 386 g/mol. The molecule has 3 heterocycles. The summed E-state index contributed by atoms with van der Waals surface area (Å²) >= 11 is 0. The Morgan fingerprint density at radius 2 is 2.07 bits per heavy atom. The standard InChI is InChI=1S/C18H19FN6O3/c1-28-14-5-4-12(10-13(14)19)20-16(26)11-25-18(27)24-9-6-15(21-17(24)22-25)23-7-2-3-8-23/h4-6,9-10H,2-3,7-8,11H2,1H3,(H,20,26). The fourth-order valence-corrected chi connectivity index (χ4v) is 3.20. The van der Waals surface area contributed by atoms with Crippen LogP contribution in [0.3, 0.4) is 0 Å². The number of carbonyl (C=O) groups is 1. The maximum absolute atomic E-state index is 13.7. The molecule has 0 bridgehead atoms. The molecule has 1 aliphatic rings. The summed E-state index contributed by atoms with van der Waals surface area (Å²) in [5.74, 6) is -0.0221. The van der Waals surface area contributed by atoms with Crippen LogP contribution in [-0.4, -0.2) is 45.3 Å². The zero-order valence-electron chi connectivity index (χ0n) is 15.3. The van der Waals surface area contributed by atoms with Gasteiger partial charge >= 0.3 is 5.69 Å². The molecule has 4 rings (SSSR count). The predicted molar refractivity (Wildman–Crippen MR) is 100 cm³/mol. The minimum absolute atomic E-state index is 0.0782. The molecule has 2 aromatic heterocycles. The van der Waals surface area contributed by atoms with Gasteiger partial charge in [0.15, 0.2) is 11.6 Å². The van der Waals surface area contributed by atoms with Gasteiger partial charge in [-0.1, -0.05) is 0 Å². The number of aromatic nitrogens is 4. The van der Waals surface area contributed by atoms with Gasteiger partial charge in [-0.15, -0.1) is 5.10 Å². The number of rotatable bonds is 5. The van der Waals surface area contributed by atoms with Crippen LogP contribution in [0.4, 0.5) is 15.9 Å². The predicted octanol–water partition coefficient (Wildman–Crippen LogP) is 1.28. The number of fused-ring (bicyclic) bond motifs is 1. The molecule has 1 N–H and O–H groups in total. The summed E-state index contributed by atoms with van der Waals surface area (Å²) in [4.78, 5) is 31.2. The van der Waals surface area contributed by atoms with Gasteiger partial charge in [0, 0.05) is 31.0 Å². The molecule has 1 aromatic carbocycles. The van der Waals surface area contributed by atoms with Gasteiger partial charge in [0.05, 0.1) is 7.11 Å². The minimum Gasteiger partial charge on any atom is -0.494 e. The molecule has 1 saturated heterocycles. The van der Waals surface area contributed by atoms with E-state index in [9.17, 15) is 14.0 Å². The summed E-state index contributed by atoms with van der Waals surface area (Å²) in [6.45, 7) is 1.54. The lowest BCUT2D eigenvalue weighted by atomic mass is 10.3. The summed E-state index contributed by atoms with van der Waals surface area (Å²) in [5.41, 5.74) is -0.207. The summed E-state index contributed by atoms with van der Waals surface area (Å²) in [6, 6.07) is 5.83. The maximum atomic E-state index is 13.7. The summed E-state index contributed by atoms with van der Waals surface area (Å²) in [6.07, 6.45) is 3.83. The van der Waals surface area contributed by atoms with Crippen LogP contribution in [0.25, 0.3) is 5.78 Å². The lowest BCUT2D eigenvalue weighted by molar-refractivity contribution is -0.117. The molecule has 3 aromatic rings. The molecule has 0 radical (unpaired) electrons. The van der Waals surface area contributed by atoms with Crippen molar-refractivity contribution < 1.29 is 13.9 Å². The van der Waals surface area contributed by atoms with E-state index in [1.54, 1.807) is 12.3 Å². The van der Waals surface area contributed by atoms with Crippen LogP contribution in [0.5, 0.6) is 5.75 Å². The number of amides is 1. The molecule has 1 fully saturated rings. The Balaban J connectivity index is 1.52. The molecule has 10 heteroatoms. The summed E-state index contributed by atoms with van der Waals surface area (Å²) in [5, 5.41) is 6.68. The van der Waals surface area contributed by atoms with Crippen LogP contribution in [-0.2, 0) is 11.3 Å². The molecule has 1 amide bonds. The van der Waals surface area contributed by atoms with Gasteiger partial charge in [-0.05, 0) is 31.0 Å². The van der Waals surface area contributed by atoms with Gasteiger partial charge in [0.2, 0.25) is 5.91 Å². The Bertz CT molecular complexity index is 1090. The quantitative estimate of drug-likeness (QED) is 0.710. The number of hydrogen-bond acceptors (Lipinski definition) is 6. The molecule has 0 saturated carbocycles. The van der Waals surface area contributed by atoms with Crippen molar-refractivity contribution in [3.8, 4) is 5.75 Å². The van der Waals surface area contributed by atoms with Crippen molar-refractivity contribution in [2.75, 3.05) is 30.4 Å². The second-order valence-electron chi connectivity index (χ2n) is 6.49. The highest BCUT2D eigenvalue weighted by molar-refractivity contribution is 5.90. The Kier molecular flexibility index (Phi) is 4.68. The minimum atomic E-state index is -0.594. The van der Waals surface area contributed by atoms with Gasteiger partial charge in [-0.25, -0.2) is 18.3 Å². The zero-order valence-corrected chi connectivity index (χ0v) is 15.3. The van der Waals surface area contributed by atoms with E-state index < -0.39 is 17.4 Å². The van der Waals surface area contributed by atoms with E-state index in [1.165, 1.54) is 23.6 Å². The monoisotopic (exact) mass is 386 g/mol. The number of hydrogen-bond donors (Lipinski definition) is 1. The van der Waals surface area contributed by atoms with Crippen molar-refractivity contribution in [3.05, 3.63) is 46.8 Å². The van der Waals surface area contributed by atoms with Crippen LogP contribution >= 0.6 is 0 Å². The second-order valence-corrected chi connectivity index (χ2v) is 6.49. The van der Waals surface area contributed by atoms with Crippen molar-refractivity contribution in [2.45, 2.75) is 19.4 Å². The molecule has 1 aliphatic heterocycles. The fourth-order valence-electron chi connectivity index (χ4n) is 3.20. The van der Waals surface area contributed by atoms with Crippen molar-refractivity contribution >= 4 is 23.2 Å². The van der Waals surface area contributed by atoms with Gasteiger partial charge < -0.3 is 15.0 Å². The molecule has 9 nitrogen and oxygen atoms in total. The number of methoxy groups -OCH3 is 1. The van der Waals surface area contributed by atoms with Gasteiger partial charge in [-0.2, -0.15) is 4.98 Å². The number of nitrogens with one attached hydrogen (secondary N) is 1. The number of anilines is 2. The average Bonchev–Trinajstić information content (AvgIpc) is 3.31. The Morgan fingerprint density at radius 3 is 2.79 bits per heavy atom. The van der Waals surface area contributed by atoms with Crippen LogP contribution in [0.2, 0.25) is 0 Å². The lowest BCUT2D eigenvalue weighted by Crippen LogP contribution is -2.28. The smallest absolute Gasteiger partial charge is 0.352 e. The SMILES string of the molecule is COc1ccc(NC(=O)Cn2nc3nc(N4CCCC4)ccn3c2=O)cc1F. The maximum Gasteiger partial charge on any atom is 0.352 e. The van der Waals surface area contributed by atoms with Crippen molar-refractivity contribution in [3.63, 3.8) is 0 Å². The molecule has 0 aliphatic carbocycles. The number of ether oxygens (including phenoxy) is 1. The second kappa shape index (κ2) is 7.29. The highest BCUT2D eigenvalue weighted by Gasteiger charge is 2.17. The zero-order chi connectivity index (χ0) is 19.7. The van der Waals surface area contributed by atoms with E-state index in [2.05, 4.69) is 20.3 Å². The lowest BCUT2D eigenvalue weighted by Gasteiger charge is -2.15. The van der Waals surface area contributed by atoms with Crippen LogP contribution in [0, 0.1) is 5.82 Å². The number of halogens is 1. The van der Waals surface area contributed by atoms with E-state index in [1.807, 2.05) is 0 Å². The number of benzene rings is 1. The topological polar surface area (TPSA) is 93.8 Å². The summed E-state index contributed by atoms with van der Waals surface area (Å²) < 4.78 is 20.9. The highest BCUT2D eigenvalue weighted by atomic mass is 19.1. The number of nitrogens with zero attached hydrogens (tertiary/aromatic N) is 5. The van der Waals surface area contributed by atoms with Crippen molar-refractivity contribution in [1.29, 1.82) is 0 Å². The first-order valence-electron chi connectivity index (χ1n) is 8.90. The van der Waals surface area contributed by atoms with E-state index >= 15 is 0 Å². The first kappa shape index (κ1) is 18.0. The van der Waals surface area contributed by atoms with E-state index in [0.717, 1.165) is 42.5 Å². The van der Waals surface area contributed by atoms with Crippen LogP contribution in [0.15, 0.2) is 35.3 Å². The fraction of sp³-hybridized carbons (Fsp3) is 0.333. The molecule has 0 unspecified atom stereocenters. The molecular formula is C18H19FN6O3. The largest absolute Gasteiger partial charge is 0.494 e. The van der Waals surface area contributed by atoms with Gasteiger partial charge in [0.25, 0.3) is 5.78 Å². The molecule has 0 spiro atoms. The Labute approximate surface area is 159 Å². The Hall–Kier alpha value is -3.43. The van der Waals surface area contributed by atoms with E-state index in [0.29, 0.717) is 0 Å². The first-order valence-corrected chi connectivity index (χ1v) is 8.90. The first-order chi connectivity index (χ1) is 13.5. The molecule has 0 atom stereocenters. The van der Waals surface area contributed by atoms with Crippen LogP contribution < -0.4 is 20.6 Å². The number of carbonyl (C=O) groups excluding carboxylic acids is 1. The van der Waals surface area contributed by atoms with Gasteiger partial charge in [0.1, 0.15) is 12.4 Å². The molecule has 146 valence electrons. The molecular weight excluding hydrogens is 367 g/mol. The molecule has 28 heavy (non-hydrogen) atoms. The van der Waals surface area contributed by atoms with Gasteiger partial charge in [-0.3, -0.25) is 4.79 Å². The summed E-state index contributed by atoms with van der Waals surface area (Å²) in [7, 11) is 1.36. The van der Waals surface area contributed by atoms with Crippen LogP contribution in [0.1, 0.15) is 12.8 Å². The third-order valence-electron chi connectivity index (χ3n) is 4.60. The van der Waals surface area contributed by atoms with E-state index in [4.69, 9.17) is 4.74 Å². The normalized spacial score (nSPS) is 13.9. The van der Waals surface area contributed by atoms with Crippen molar-refractivity contribution in [2.24, 2.45) is 0 Å². The third kappa shape index (κ3) is 3.40.